The summed E-state index contributed by atoms with van der Waals surface area (Å²) in [5.74, 6) is 0.405. The van der Waals surface area contributed by atoms with Crippen LogP contribution in [0.5, 0.6) is 5.75 Å². The molecular formula is C24H30Cl2N2O3. The molecule has 1 atom stereocenters. The summed E-state index contributed by atoms with van der Waals surface area (Å²) in [4.78, 5) is 27.1. The van der Waals surface area contributed by atoms with Crippen molar-refractivity contribution in [3.05, 3.63) is 63.6 Å². The average Bonchev–Trinajstić information content (AvgIpc) is 2.71. The molecule has 2 amide bonds. The van der Waals surface area contributed by atoms with Crippen molar-refractivity contribution in [3.63, 3.8) is 0 Å². The molecule has 31 heavy (non-hydrogen) atoms. The van der Waals surface area contributed by atoms with Crippen molar-refractivity contribution in [2.45, 2.75) is 59.2 Å². The highest BCUT2D eigenvalue weighted by atomic mass is 35.5. The predicted molar refractivity (Wildman–Crippen MR) is 126 cm³/mol. The van der Waals surface area contributed by atoms with Crippen LogP contribution < -0.4 is 10.1 Å². The van der Waals surface area contributed by atoms with Crippen LogP contribution in [0.3, 0.4) is 0 Å². The number of ether oxygens (including phenoxy) is 1. The normalized spacial score (nSPS) is 12.0. The lowest BCUT2D eigenvalue weighted by molar-refractivity contribution is -0.142. The van der Waals surface area contributed by atoms with Gasteiger partial charge in [0.25, 0.3) is 5.91 Å². The molecule has 0 heterocycles. The van der Waals surface area contributed by atoms with Crippen LogP contribution in [0, 0.1) is 0 Å². The predicted octanol–water partition coefficient (Wildman–Crippen LogP) is 5.44. The SMILES string of the molecule is CC(C)NC(=O)[C@H](C)N(Cc1c(Cl)cccc1Cl)C(=O)COc1ccc(C(C)C)cc1. The molecule has 0 aliphatic heterocycles. The van der Waals surface area contributed by atoms with Crippen molar-refractivity contribution >= 4 is 35.0 Å². The standard InChI is InChI=1S/C24H30Cl2N2O3/c1-15(2)18-9-11-19(12-10-18)31-14-23(29)28(17(5)24(30)27-16(3)4)13-20-21(25)7-6-8-22(20)26/h6-12,15-17H,13-14H2,1-5H3,(H,27,30)/t17-/m0/s1. The van der Waals surface area contributed by atoms with Crippen molar-refractivity contribution in [2.24, 2.45) is 0 Å². The fourth-order valence-electron chi connectivity index (χ4n) is 3.02. The van der Waals surface area contributed by atoms with Crippen LogP contribution in [0.1, 0.15) is 51.7 Å². The van der Waals surface area contributed by atoms with Gasteiger partial charge in [0.2, 0.25) is 5.91 Å². The van der Waals surface area contributed by atoms with Crippen molar-refractivity contribution in [1.82, 2.24) is 10.2 Å². The number of carbonyl (C=O) groups excluding carboxylic acids is 2. The van der Waals surface area contributed by atoms with E-state index in [2.05, 4.69) is 19.2 Å². The van der Waals surface area contributed by atoms with Crippen LogP contribution in [-0.2, 0) is 16.1 Å². The molecule has 0 bridgehead atoms. The molecule has 2 rings (SSSR count). The van der Waals surface area contributed by atoms with Gasteiger partial charge in [0.1, 0.15) is 11.8 Å². The smallest absolute Gasteiger partial charge is 0.261 e. The quantitative estimate of drug-likeness (QED) is 0.537. The first-order chi connectivity index (χ1) is 14.6. The summed E-state index contributed by atoms with van der Waals surface area (Å²) in [6.07, 6.45) is 0. The maximum absolute atomic E-state index is 13.1. The van der Waals surface area contributed by atoms with Crippen molar-refractivity contribution in [1.29, 1.82) is 0 Å². The number of halogens is 2. The third kappa shape index (κ3) is 7.15. The van der Waals surface area contributed by atoms with Gasteiger partial charge >= 0.3 is 0 Å². The zero-order valence-corrected chi connectivity index (χ0v) is 20.1. The van der Waals surface area contributed by atoms with E-state index in [4.69, 9.17) is 27.9 Å². The van der Waals surface area contributed by atoms with E-state index in [0.717, 1.165) is 0 Å². The molecule has 0 saturated carbocycles. The first-order valence-electron chi connectivity index (χ1n) is 10.4. The molecule has 0 fully saturated rings. The fourth-order valence-corrected chi connectivity index (χ4v) is 3.54. The number of hydrogen-bond acceptors (Lipinski definition) is 3. The maximum Gasteiger partial charge on any atom is 0.261 e. The Morgan fingerprint density at radius 3 is 2.06 bits per heavy atom. The number of carbonyl (C=O) groups is 2. The van der Waals surface area contributed by atoms with Gasteiger partial charge in [-0.1, -0.05) is 55.2 Å². The summed E-state index contributed by atoms with van der Waals surface area (Å²) in [6, 6.07) is 12.0. The van der Waals surface area contributed by atoms with E-state index in [-0.39, 0.29) is 31.0 Å². The van der Waals surface area contributed by atoms with Crippen molar-refractivity contribution in [2.75, 3.05) is 6.61 Å². The first kappa shape index (κ1) is 25.0. The Hall–Kier alpha value is -2.24. The van der Waals surface area contributed by atoms with Gasteiger partial charge in [-0.25, -0.2) is 0 Å². The highest BCUT2D eigenvalue weighted by molar-refractivity contribution is 6.36. The van der Waals surface area contributed by atoms with E-state index in [1.165, 1.54) is 10.5 Å². The largest absolute Gasteiger partial charge is 0.484 e. The number of hydrogen-bond donors (Lipinski definition) is 1. The molecule has 2 aromatic carbocycles. The third-order valence-corrected chi connectivity index (χ3v) is 5.61. The zero-order valence-electron chi connectivity index (χ0n) is 18.6. The average molecular weight is 465 g/mol. The second-order valence-electron chi connectivity index (χ2n) is 8.07. The van der Waals surface area contributed by atoms with Gasteiger partial charge in [0.05, 0.1) is 0 Å². The molecule has 0 aliphatic carbocycles. The lowest BCUT2D eigenvalue weighted by Crippen LogP contribution is -2.50. The Morgan fingerprint density at radius 2 is 1.55 bits per heavy atom. The van der Waals surface area contributed by atoms with E-state index in [9.17, 15) is 9.59 Å². The number of nitrogens with one attached hydrogen (secondary N) is 1. The summed E-state index contributed by atoms with van der Waals surface area (Å²) >= 11 is 12.6. The summed E-state index contributed by atoms with van der Waals surface area (Å²) in [6.45, 7) is 9.53. The molecule has 5 nitrogen and oxygen atoms in total. The first-order valence-corrected chi connectivity index (χ1v) is 11.1. The monoisotopic (exact) mass is 464 g/mol. The van der Waals surface area contributed by atoms with Crippen molar-refractivity contribution < 1.29 is 14.3 Å². The molecule has 7 heteroatoms. The van der Waals surface area contributed by atoms with Crippen LogP contribution >= 0.6 is 23.2 Å². The summed E-state index contributed by atoms with van der Waals surface area (Å²) < 4.78 is 5.70. The van der Waals surface area contributed by atoms with E-state index in [0.29, 0.717) is 27.3 Å². The number of nitrogens with zero attached hydrogens (tertiary/aromatic N) is 1. The molecule has 0 unspecified atom stereocenters. The molecule has 0 saturated heterocycles. The molecule has 0 aromatic heterocycles. The Kier molecular flexibility index (Phi) is 9.20. The molecule has 2 aromatic rings. The molecule has 0 aliphatic rings. The van der Waals surface area contributed by atoms with Crippen LogP contribution in [0.4, 0.5) is 0 Å². The van der Waals surface area contributed by atoms with Gasteiger partial charge in [0.15, 0.2) is 6.61 Å². The molecule has 0 spiro atoms. The van der Waals surface area contributed by atoms with Gasteiger partial charge in [-0.05, 0) is 56.5 Å². The zero-order chi connectivity index (χ0) is 23.1. The van der Waals surface area contributed by atoms with Crippen LogP contribution in [0.2, 0.25) is 10.0 Å². The van der Waals surface area contributed by atoms with E-state index >= 15 is 0 Å². The Balaban J connectivity index is 2.19. The fraction of sp³-hybridized carbons (Fsp3) is 0.417. The van der Waals surface area contributed by atoms with Crippen LogP contribution in [0.25, 0.3) is 0 Å². The number of amides is 2. The Bertz CT molecular complexity index is 878. The molecule has 168 valence electrons. The van der Waals surface area contributed by atoms with Gasteiger partial charge in [-0.3, -0.25) is 9.59 Å². The van der Waals surface area contributed by atoms with E-state index in [1.807, 2.05) is 38.1 Å². The van der Waals surface area contributed by atoms with E-state index < -0.39 is 6.04 Å². The highest BCUT2D eigenvalue weighted by Gasteiger charge is 2.28. The minimum Gasteiger partial charge on any atom is -0.484 e. The van der Waals surface area contributed by atoms with Crippen LogP contribution in [0.15, 0.2) is 42.5 Å². The molecule has 1 N–H and O–H groups in total. The second-order valence-corrected chi connectivity index (χ2v) is 8.89. The minimum absolute atomic E-state index is 0.0495. The van der Waals surface area contributed by atoms with Gasteiger partial charge in [-0.2, -0.15) is 0 Å². The lowest BCUT2D eigenvalue weighted by atomic mass is 10.0. The summed E-state index contributed by atoms with van der Waals surface area (Å²) in [5.41, 5.74) is 1.78. The summed E-state index contributed by atoms with van der Waals surface area (Å²) in [7, 11) is 0. The molecular weight excluding hydrogens is 435 g/mol. The Labute approximate surface area is 194 Å². The van der Waals surface area contributed by atoms with E-state index in [1.54, 1.807) is 25.1 Å². The number of rotatable bonds is 9. The Morgan fingerprint density at radius 1 is 0.968 bits per heavy atom. The van der Waals surface area contributed by atoms with Gasteiger partial charge < -0.3 is 15.0 Å². The molecule has 0 radical (unpaired) electrons. The highest BCUT2D eigenvalue weighted by Crippen LogP contribution is 2.27. The topological polar surface area (TPSA) is 58.6 Å². The lowest BCUT2D eigenvalue weighted by Gasteiger charge is -2.30. The maximum atomic E-state index is 13.1. The third-order valence-electron chi connectivity index (χ3n) is 4.90. The van der Waals surface area contributed by atoms with Crippen LogP contribution in [-0.4, -0.2) is 35.4 Å². The second kappa shape index (κ2) is 11.4. The van der Waals surface area contributed by atoms with Crippen molar-refractivity contribution in [3.8, 4) is 5.75 Å². The minimum atomic E-state index is -0.728. The van der Waals surface area contributed by atoms with Gasteiger partial charge in [-0.15, -0.1) is 0 Å². The summed E-state index contributed by atoms with van der Waals surface area (Å²) in [5, 5.41) is 3.72. The number of benzene rings is 2. The van der Waals surface area contributed by atoms with Gasteiger partial charge in [0, 0.05) is 28.2 Å².